The summed E-state index contributed by atoms with van der Waals surface area (Å²) in [5, 5.41) is 10.6. The summed E-state index contributed by atoms with van der Waals surface area (Å²) in [4.78, 5) is 16.3. The number of carbonyl (C=O) groups is 1. The molecule has 0 saturated heterocycles. The van der Waals surface area contributed by atoms with Crippen LogP contribution in [0.2, 0.25) is 5.02 Å². The second-order valence-corrected chi connectivity index (χ2v) is 5.84. The highest BCUT2D eigenvalue weighted by Gasteiger charge is 2.15. The van der Waals surface area contributed by atoms with Crippen LogP contribution in [0.5, 0.6) is 0 Å². The summed E-state index contributed by atoms with van der Waals surface area (Å²) in [5.74, 6) is -0.835. The average Bonchev–Trinajstić information content (AvgIpc) is 2.75. The first-order valence-electron chi connectivity index (χ1n) is 5.98. The molecule has 0 bridgehead atoms. The van der Waals surface area contributed by atoms with Crippen molar-refractivity contribution in [3.8, 4) is 11.3 Å². The molecule has 0 aliphatic rings. The summed E-state index contributed by atoms with van der Waals surface area (Å²) in [6.07, 6.45) is 0.818. The molecule has 0 unspecified atom stereocenters. The minimum Gasteiger partial charge on any atom is -0.481 e. The molecule has 0 fully saturated rings. The zero-order valence-corrected chi connectivity index (χ0v) is 12.3. The maximum absolute atomic E-state index is 10.9. The summed E-state index contributed by atoms with van der Waals surface area (Å²) >= 11 is 7.48. The van der Waals surface area contributed by atoms with Gasteiger partial charge in [0.2, 0.25) is 0 Å². The largest absolute Gasteiger partial charge is 0.481 e. The van der Waals surface area contributed by atoms with Gasteiger partial charge in [0.05, 0.1) is 17.1 Å². The number of nitrogens with zero attached hydrogens (tertiary/aromatic N) is 1. The maximum Gasteiger partial charge on any atom is 0.308 e. The van der Waals surface area contributed by atoms with Crippen molar-refractivity contribution in [3.05, 3.63) is 38.7 Å². The van der Waals surface area contributed by atoms with Gasteiger partial charge in [-0.05, 0) is 31.0 Å². The number of thiazole rings is 1. The average molecular weight is 296 g/mol. The van der Waals surface area contributed by atoms with E-state index in [9.17, 15) is 4.79 Å². The smallest absolute Gasteiger partial charge is 0.308 e. The normalized spacial score (nSPS) is 10.7. The van der Waals surface area contributed by atoms with Gasteiger partial charge >= 0.3 is 5.97 Å². The fraction of sp³-hybridized carbons (Fsp3) is 0.286. The Labute approximate surface area is 120 Å². The van der Waals surface area contributed by atoms with Crippen molar-refractivity contribution in [2.75, 3.05) is 0 Å². The monoisotopic (exact) mass is 295 g/mol. The van der Waals surface area contributed by atoms with Gasteiger partial charge in [0.25, 0.3) is 0 Å². The number of halogens is 1. The predicted octanol–water partition coefficient (Wildman–Crippen LogP) is 3.96. The van der Waals surface area contributed by atoms with Crippen LogP contribution in [0.4, 0.5) is 0 Å². The van der Waals surface area contributed by atoms with Crippen molar-refractivity contribution in [2.24, 2.45) is 0 Å². The van der Waals surface area contributed by atoms with Gasteiger partial charge in [0.15, 0.2) is 0 Å². The molecule has 2 rings (SSSR count). The highest BCUT2D eigenvalue weighted by molar-refractivity contribution is 7.12. The first-order chi connectivity index (χ1) is 9.01. The van der Waals surface area contributed by atoms with E-state index in [2.05, 4.69) is 4.98 Å². The van der Waals surface area contributed by atoms with E-state index in [4.69, 9.17) is 16.7 Å². The third kappa shape index (κ3) is 3.14. The quantitative estimate of drug-likeness (QED) is 0.929. The van der Waals surface area contributed by atoms with Crippen LogP contribution in [0.25, 0.3) is 11.3 Å². The first kappa shape index (κ1) is 14.0. The second-order valence-electron chi connectivity index (χ2n) is 4.27. The topological polar surface area (TPSA) is 50.2 Å². The van der Waals surface area contributed by atoms with Gasteiger partial charge < -0.3 is 5.11 Å². The zero-order valence-electron chi connectivity index (χ0n) is 10.7. The number of aliphatic carboxylic acids is 1. The van der Waals surface area contributed by atoms with Gasteiger partial charge in [-0.2, -0.15) is 0 Å². The highest BCUT2D eigenvalue weighted by atomic mass is 35.5. The van der Waals surface area contributed by atoms with Crippen molar-refractivity contribution in [1.29, 1.82) is 0 Å². The van der Waals surface area contributed by atoms with Gasteiger partial charge in [-0.1, -0.05) is 24.6 Å². The van der Waals surface area contributed by atoms with E-state index in [1.165, 1.54) is 11.3 Å². The number of carboxylic acids is 1. The number of carboxylic acid groups (broad SMARTS) is 1. The molecule has 0 aliphatic heterocycles. The third-order valence-electron chi connectivity index (χ3n) is 2.79. The SMILES string of the molecule is CCc1nc(-c2ccc(Cl)c(C)c2)c(CC(=O)O)s1. The summed E-state index contributed by atoms with van der Waals surface area (Å²) in [7, 11) is 0. The number of hydrogen-bond acceptors (Lipinski definition) is 3. The molecule has 0 amide bonds. The molecule has 100 valence electrons. The van der Waals surface area contributed by atoms with Crippen LogP contribution in [0, 0.1) is 6.92 Å². The van der Waals surface area contributed by atoms with Crippen LogP contribution in [-0.2, 0) is 17.6 Å². The summed E-state index contributed by atoms with van der Waals surface area (Å²) in [5.41, 5.74) is 2.66. The molecule has 0 aliphatic carbocycles. The van der Waals surface area contributed by atoms with Crippen molar-refractivity contribution < 1.29 is 9.90 Å². The molecule has 0 saturated carbocycles. The second kappa shape index (κ2) is 5.72. The number of rotatable bonds is 4. The van der Waals surface area contributed by atoms with E-state index in [1.54, 1.807) is 0 Å². The number of aryl methyl sites for hydroxylation is 2. The minimum absolute atomic E-state index is 0.00861. The lowest BCUT2D eigenvalue weighted by Crippen LogP contribution is -1.99. The van der Waals surface area contributed by atoms with Crippen LogP contribution < -0.4 is 0 Å². The number of aromatic nitrogens is 1. The van der Waals surface area contributed by atoms with Crippen LogP contribution in [0.3, 0.4) is 0 Å². The molecular formula is C14H14ClNO2S. The van der Waals surface area contributed by atoms with Crippen LogP contribution in [0.1, 0.15) is 22.4 Å². The van der Waals surface area contributed by atoms with Gasteiger partial charge in [-0.15, -0.1) is 11.3 Å². The number of hydrogen-bond donors (Lipinski definition) is 1. The maximum atomic E-state index is 10.9. The van der Waals surface area contributed by atoms with Crippen molar-refractivity contribution in [2.45, 2.75) is 26.7 Å². The van der Waals surface area contributed by atoms with E-state index in [-0.39, 0.29) is 6.42 Å². The Balaban J connectivity index is 2.49. The molecule has 2 aromatic rings. The van der Waals surface area contributed by atoms with E-state index in [1.807, 2.05) is 32.0 Å². The summed E-state index contributed by atoms with van der Waals surface area (Å²) < 4.78 is 0. The van der Waals surface area contributed by atoms with Gasteiger partial charge in [0.1, 0.15) is 0 Å². The molecule has 0 atom stereocenters. The Morgan fingerprint density at radius 2 is 2.21 bits per heavy atom. The van der Waals surface area contributed by atoms with Crippen molar-refractivity contribution in [1.82, 2.24) is 4.98 Å². The van der Waals surface area contributed by atoms with Crippen LogP contribution in [-0.4, -0.2) is 16.1 Å². The molecule has 1 heterocycles. The highest BCUT2D eigenvalue weighted by Crippen LogP contribution is 2.31. The standard InChI is InChI=1S/C14H14ClNO2S/c1-3-12-16-14(11(19-12)7-13(17)18)9-4-5-10(15)8(2)6-9/h4-6H,3,7H2,1-2H3,(H,17,18). The Morgan fingerprint density at radius 3 is 2.79 bits per heavy atom. The molecule has 3 nitrogen and oxygen atoms in total. The molecule has 1 aromatic heterocycles. The molecule has 5 heteroatoms. The lowest BCUT2D eigenvalue weighted by atomic mass is 10.1. The van der Waals surface area contributed by atoms with Crippen LogP contribution >= 0.6 is 22.9 Å². The summed E-state index contributed by atoms with van der Waals surface area (Å²) in [6, 6.07) is 5.65. The van der Waals surface area contributed by atoms with E-state index < -0.39 is 5.97 Å². The number of benzene rings is 1. The van der Waals surface area contributed by atoms with E-state index in [0.29, 0.717) is 5.02 Å². The Morgan fingerprint density at radius 1 is 1.47 bits per heavy atom. The Hall–Kier alpha value is -1.39. The zero-order chi connectivity index (χ0) is 14.0. The van der Waals surface area contributed by atoms with Gasteiger partial charge in [0, 0.05) is 15.5 Å². The fourth-order valence-electron chi connectivity index (χ4n) is 1.83. The Kier molecular flexibility index (Phi) is 4.22. The predicted molar refractivity (Wildman–Crippen MR) is 78.0 cm³/mol. The molecule has 1 N–H and O–H groups in total. The fourth-order valence-corrected chi connectivity index (χ4v) is 2.97. The van der Waals surface area contributed by atoms with Crippen molar-refractivity contribution in [3.63, 3.8) is 0 Å². The Bertz CT molecular complexity index is 622. The molecule has 0 spiro atoms. The first-order valence-corrected chi connectivity index (χ1v) is 7.17. The molecular weight excluding hydrogens is 282 g/mol. The molecule has 0 radical (unpaired) electrons. The van der Waals surface area contributed by atoms with Crippen LogP contribution in [0.15, 0.2) is 18.2 Å². The molecule has 1 aromatic carbocycles. The van der Waals surface area contributed by atoms with E-state index >= 15 is 0 Å². The summed E-state index contributed by atoms with van der Waals surface area (Å²) in [6.45, 7) is 3.94. The third-order valence-corrected chi connectivity index (χ3v) is 4.41. The van der Waals surface area contributed by atoms with Gasteiger partial charge in [-0.25, -0.2) is 4.98 Å². The van der Waals surface area contributed by atoms with Crippen molar-refractivity contribution >= 4 is 28.9 Å². The van der Waals surface area contributed by atoms with E-state index in [0.717, 1.165) is 33.1 Å². The molecule has 19 heavy (non-hydrogen) atoms. The van der Waals surface area contributed by atoms with Gasteiger partial charge in [-0.3, -0.25) is 4.79 Å². The minimum atomic E-state index is -0.835. The lowest BCUT2D eigenvalue weighted by Gasteiger charge is -2.03. The lowest BCUT2D eigenvalue weighted by molar-refractivity contribution is -0.136.